The third-order valence-corrected chi connectivity index (χ3v) is 3.34. The first-order valence-electron chi connectivity index (χ1n) is 5.62. The second-order valence-electron chi connectivity index (χ2n) is 4.30. The molecular formula is C13H18ClNO2. The Balaban J connectivity index is 3.08. The maximum absolute atomic E-state index is 11.3. The highest BCUT2D eigenvalue weighted by Gasteiger charge is 2.37. The summed E-state index contributed by atoms with van der Waals surface area (Å²) in [7, 11) is 3.87. The number of carboxylic acids is 1. The van der Waals surface area contributed by atoms with Crippen LogP contribution >= 0.6 is 11.6 Å². The number of halogens is 1. The fourth-order valence-corrected chi connectivity index (χ4v) is 2.06. The molecule has 1 aromatic rings. The molecule has 0 saturated carbocycles. The normalized spacial score (nSPS) is 14.1. The van der Waals surface area contributed by atoms with Gasteiger partial charge >= 0.3 is 5.97 Å². The minimum absolute atomic E-state index is 0.422. The molecule has 0 heterocycles. The summed E-state index contributed by atoms with van der Waals surface area (Å²) in [5.41, 5.74) is 1.66. The van der Waals surface area contributed by atoms with Crippen molar-refractivity contribution in [1.29, 1.82) is 0 Å². The Bertz CT molecular complexity index is 389. The summed E-state index contributed by atoms with van der Waals surface area (Å²) in [5, 5.41) is 9.25. The van der Waals surface area contributed by atoms with Gasteiger partial charge in [-0.3, -0.25) is 0 Å². The minimum atomic E-state index is -1.31. The van der Waals surface area contributed by atoms with Crippen LogP contribution in [0.2, 0.25) is 0 Å². The Morgan fingerprint density at radius 1 is 1.35 bits per heavy atom. The van der Waals surface area contributed by atoms with Gasteiger partial charge in [0.1, 0.15) is 0 Å². The highest BCUT2D eigenvalue weighted by molar-refractivity contribution is 6.33. The lowest BCUT2D eigenvalue weighted by atomic mass is 9.93. The molecule has 0 bridgehead atoms. The lowest BCUT2D eigenvalue weighted by Crippen LogP contribution is -2.29. The summed E-state index contributed by atoms with van der Waals surface area (Å²) in [6, 6.07) is 7.33. The zero-order chi connectivity index (χ0) is 13.1. The minimum Gasteiger partial charge on any atom is -0.480 e. The van der Waals surface area contributed by atoms with Crippen LogP contribution in [0.4, 0.5) is 5.69 Å². The summed E-state index contributed by atoms with van der Waals surface area (Å²) >= 11 is 6.22. The van der Waals surface area contributed by atoms with E-state index >= 15 is 0 Å². The van der Waals surface area contributed by atoms with Crippen molar-refractivity contribution in [2.45, 2.75) is 24.6 Å². The third kappa shape index (κ3) is 2.91. The third-order valence-electron chi connectivity index (χ3n) is 2.77. The standard InChI is InChI=1S/C13H18ClNO2/c1-4-9-13(14,12(16)17)10-5-7-11(8-6-10)15(2)3/h5-8H,4,9H2,1-3H3,(H,16,17). The average Bonchev–Trinajstić information content (AvgIpc) is 2.29. The van der Waals surface area contributed by atoms with E-state index in [2.05, 4.69) is 0 Å². The highest BCUT2D eigenvalue weighted by atomic mass is 35.5. The number of alkyl halides is 1. The molecule has 0 spiro atoms. The lowest BCUT2D eigenvalue weighted by molar-refractivity contribution is -0.140. The van der Waals surface area contributed by atoms with Gasteiger partial charge in [0.15, 0.2) is 4.87 Å². The first kappa shape index (κ1) is 13.8. The van der Waals surface area contributed by atoms with Crippen LogP contribution in [0.15, 0.2) is 24.3 Å². The fourth-order valence-electron chi connectivity index (χ4n) is 1.74. The van der Waals surface area contributed by atoms with Crippen molar-refractivity contribution in [3.8, 4) is 0 Å². The number of aliphatic carboxylic acids is 1. The Morgan fingerprint density at radius 3 is 2.24 bits per heavy atom. The van der Waals surface area contributed by atoms with Crippen molar-refractivity contribution in [2.75, 3.05) is 19.0 Å². The topological polar surface area (TPSA) is 40.5 Å². The van der Waals surface area contributed by atoms with Crippen molar-refractivity contribution in [3.63, 3.8) is 0 Å². The fraction of sp³-hybridized carbons (Fsp3) is 0.462. The second-order valence-corrected chi connectivity index (χ2v) is 4.94. The molecule has 4 heteroatoms. The van der Waals surface area contributed by atoms with Gasteiger partial charge in [0.25, 0.3) is 0 Å². The number of hydrogen-bond acceptors (Lipinski definition) is 2. The molecule has 0 aromatic heterocycles. The van der Waals surface area contributed by atoms with Crippen molar-refractivity contribution in [1.82, 2.24) is 0 Å². The van der Waals surface area contributed by atoms with Crippen LogP contribution in [0.5, 0.6) is 0 Å². The molecule has 94 valence electrons. The van der Waals surface area contributed by atoms with Gasteiger partial charge in [0, 0.05) is 19.8 Å². The predicted octanol–water partition coefficient (Wildman–Crippen LogP) is 3.07. The molecule has 0 aliphatic heterocycles. The van der Waals surface area contributed by atoms with Crippen LogP contribution < -0.4 is 4.90 Å². The highest BCUT2D eigenvalue weighted by Crippen LogP contribution is 2.35. The SMILES string of the molecule is CCCC(Cl)(C(=O)O)c1ccc(N(C)C)cc1. The van der Waals surface area contributed by atoms with Crippen molar-refractivity contribution < 1.29 is 9.90 Å². The number of carbonyl (C=O) groups is 1. The van der Waals surface area contributed by atoms with E-state index < -0.39 is 10.8 Å². The lowest BCUT2D eigenvalue weighted by Gasteiger charge is -2.23. The Kier molecular flexibility index (Phi) is 4.40. The Hall–Kier alpha value is -1.22. The van der Waals surface area contributed by atoms with Gasteiger partial charge in [-0.2, -0.15) is 0 Å². The van der Waals surface area contributed by atoms with E-state index in [1.807, 2.05) is 38.1 Å². The Labute approximate surface area is 107 Å². The van der Waals surface area contributed by atoms with E-state index in [1.54, 1.807) is 12.1 Å². The van der Waals surface area contributed by atoms with Gasteiger partial charge in [0.2, 0.25) is 0 Å². The second kappa shape index (κ2) is 5.41. The molecule has 1 aromatic carbocycles. The molecule has 0 radical (unpaired) electrons. The number of rotatable bonds is 5. The van der Waals surface area contributed by atoms with Crippen LogP contribution in [0, 0.1) is 0 Å². The van der Waals surface area contributed by atoms with Crippen LogP contribution in [-0.4, -0.2) is 25.2 Å². The molecule has 0 aliphatic rings. The summed E-state index contributed by atoms with van der Waals surface area (Å²) in [4.78, 5) is 11.9. The monoisotopic (exact) mass is 255 g/mol. The van der Waals surface area contributed by atoms with E-state index in [9.17, 15) is 9.90 Å². The molecule has 0 saturated heterocycles. The van der Waals surface area contributed by atoms with E-state index in [0.29, 0.717) is 12.0 Å². The molecule has 1 N–H and O–H groups in total. The summed E-state index contributed by atoms with van der Waals surface area (Å²) in [6.07, 6.45) is 1.15. The summed E-state index contributed by atoms with van der Waals surface area (Å²) < 4.78 is 0. The molecule has 1 atom stereocenters. The molecule has 0 aliphatic carbocycles. The molecule has 1 rings (SSSR count). The summed E-state index contributed by atoms with van der Waals surface area (Å²) in [5.74, 6) is -0.987. The van der Waals surface area contributed by atoms with E-state index in [-0.39, 0.29) is 0 Å². The number of carboxylic acid groups (broad SMARTS) is 1. The van der Waals surface area contributed by atoms with Crippen LogP contribution in [0.25, 0.3) is 0 Å². The Morgan fingerprint density at radius 2 is 1.88 bits per heavy atom. The van der Waals surface area contributed by atoms with Crippen molar-refractivity contribution >= 4 is 23.3 Å². The number of anilines is 1. The van der Waals surface area contributed by atoms with Gasteiger partial charge in [-0.25, -0.2) is 4.79 Å². The van der Waals surface area contributed by atoms with Crippen LogP contribution in [0.3, 0.4) is 0 Å². The number of benzene rings is 1. The first-order chi connectivity index (χ1) is 7.91. The smallest absolute Gasteiger partial charge is 0.329 e. The van der Waals surface area contributed by atoms with E-state index in [4.69, 9.17) is 11.6 Å². The maximum Gasteiger partial charge on any atom is 0.329 e. The molecule has 3 nitrogen and oxygen atoms in total. The van der Waals surface area contributed by atoms with Gasteiger partial charge in [0.05, 0.1) is 0 Å². The first-order valence-corrected chi connectivity index (χ1v) is 5.99. The van der Waals surface area contributed by atoms with Crippen molar-refractivity contribution in [2.24, 2.45) is 0 Å². The predicted molar refractivity (Wildman–Crippen MR) is 70.8 cm³/mol. The number of hydrogen-bond donors (Lipinski definition) is 1. The van der Waals surface area contributed by atoms with E-state index in [1.165, 1.54) is 0 Å². The zero-order valence-corrected chi connectivity index (χ0v) is 11.2. The van der Waals surface area contributed by atoms with Crippen LogP contribution in [-0.2, 0) is 9.67 Å². The van der Waals surface area contributed by atoms with Crippen LogP contribution in [0.1, 0.15) is 25.3 Å². The molecule has 17 heavy (non-hydrogen) atoms. The van der Waals surface area contributed by atoms with Gasteiger partial charge in [-0.15, -0.1) is 11.6 Å². The molecule has 0 fully saturated rings. The molecule has 1 unspecified atom stereocenters. The van der Waals surface area contributed by atoms with Crippen molar-refractivity contribution in [3.05, 3.63) is 29.8 Å². The average molecular weight is 256 g/mol. The van der Waals surface area contributed by atoms with Gasteiger partial charge < -0.3 is 10.0 Å². The zero-order valence-electron chi connectivity index (χ0n) is 10.4. The quantitative estimate of drug-likeness (QED) is 0.822. The van der Waals surface area contributed by atoms with Gasteiger partial charge in [-0.1, -0.05) is 25.5 Å². The maximum atomic E-state index is 11.3. The molecule has 0 amide bonds. The van der Waals surface area contributed by atoms with E-state index in [0.717, 1.165) is 12.1 Å². The van der Waals surface area contributed by atoms with Gasteiger partial charge in [-0.05, 0) is 24.1 Å². The summed E-state index contributed by atoms with van der Waals surface area (Å²) in [6.45, 7) is 1.92. The largest absolute Gasteiger partial charge is 0.480 e. The molecular weight excluding hydrogens is 238 g/mol. The number of nitrogens with zero attached hydrogens (tertiary/aromatic N) is 1.